The summed E-state index contributed by atoms with van der Waals surface area (Å²) in [7, 11) is 5.05. The van der Waals surface area contributed by atoms with Gasteiger partial charge in [-0.2, -0.15) is 0 Å². The van der Waals surface area contributed by atoms with Gasteiger partial charge in [0.1, 0.15) is 0 Å². The van der Waals surface area contributed by atoms with Crippen molar-refractivity contribution in [3.8, 4) is 11.5 Å². The molecule has 1 aromatic carbocycles. The molecule has 1 heterocycles. The van der Waals surface area contributed by atoms with Gasteiger partial charge in [0.15, 0.2) is 17.5 Å². The molecule has 1 amide bonds. The second kappa shape index (κ2) is 12.5. The third kappa shape index (κ3) is 7.27. The van der Waals surface area contributed by atoms with E-state index in [1.54, 1.807) is 21.3 Å². The Labute approximate surface area is 190 Å². The second-order valence-electron chi connectivity index (χ2n) is 8.10. The number of ether oxygens (including phenoxy) is 3. The van der Waals surface area contributed by atoms with Gasteiger partial charge in [0.25, 0.3) is 0 Å². The summed E-state index contributed by atoms with van der Waals surface area (Å²) >= 11 is 0. The number of nitrogens with zero attached hydrogens (tertiary/aromatic N) is 2. The summed E-state index contributed by atoms with van der Waals surface area (Å²) in [6.45, 7) is 4.54. The number of carbonyl (C=O) groups is 1. The van der Waals surface area contributed by atoms with E-state index in [0.717, 1.165) is 62.8 Å². The van der Waals surface area contributed by atoms with Gasteiger partial charge in [-0.1, -0.05) is 6.07 Å². The second-order valence-corrected chi connectivity index (χ2v) is 8.10. The topological polar surface area (TPSA) is 96.5 Å². The molecular weight excluding hydrogens is 410 g/mol. The van der Waals surface area contributed by atoms with Gasteiger partial charge >= 0.3 is 0 Å². The van der Waals surface area contributed by atoms with Crippen molar-refractivity contribution in [3.63, 3.8) is 0 Å². The predicted molar refractivity (Wildman–Crippen MR) is 124 cm³/mol. The first-order chi connectivity index (χ1) is 15.6. The lowest BCUT2D eigenvalue weighted by molar-refractivity contribution is -0.121. The smallest absolute Gasteiger partial charge is 0.220 e. The molecule has 3 N–H and O–H groups in total. The van der Waals surface area contributed by atoms with Crippen molar-refractivity contribution < 1.29 is 19.0 Å². The molecule has 1 saturated heterocycles. The molecule has 1 aliphatic carbocycles. The molecule has 32 heavy (non-hydrogen) atoms. The summed E-state index contributed by atoms with van der Waals surface area (Å²) < 4.78 is 16.5. The molecule has 2 fully saturated rings. The zero-order chi connectivity index (χ0) is 22.8. The highest BCUT2D eigenvalue weighted by Gasteiger charge is 2.24. The lowest BCUT2D eigenvalue weighted by Gasteiger charge is -2.35. The van der Waals surface area contributed by atoms with Crippen molar-refractivity contribution in [2.24, 2.45) is 4.99 Å². The molecule has 1 atom stereocenters. The van der Waals surface area contributed by atoms with E-state index in [1.165, 1.54) is 0 Å². The van der Waals surface area contributed by atoms with Crippen LogP contribution in [0.3, 0.4) is 0 Å². The molecule has 2 aliphatic rings. The van der Waals surface area contributed by atoms with E-state index >= 15 is 0 Å². The number of rotatable bonds is 11. The van der Waals surface area contributed by atoms with Gasteiger partial charge in [-0.05, 0) is 37.0 Å². The minimum atomic E-state index is 0.126. The van der Waals surface area contributed by atoms with Crippen LogP contribution in [-0.4, -0.2) is 83.5 Å². The van der Waals surface area contributed by atoms with Gasteiger partial charge < -0.3 is 30.2 Å². The molecule has 0 aromatic heterocycles. The first-order valence-corrected chi connectivity index (χ1v) is 11.4. The Morgan fingerprint density at radius 3 is 2.59 bits per heavy atom. The van der Waals surface area contributed by atoms with E-state index in [4.69, 9.17) is 14.2 Å². The Bertz CT molecular complexity index is 763. The van der Waals surface area contributed by atoms with Gasteiger partial charge in [-0.15, -0.1) is 0 Å². The summed E-state index contributed by atoms with van der Waals surface area (Å²) in [5.41, 5.74) is 1.14. The maximum absolute atomic E-state index is 11.8. The number of carbonyl (C=O) groups excluding carboxylic acids is 1. The summed E-state index contributed by atoms with van der Waals surface area (Å²) in [5.74, 6) is 2.30. The number of hydrogen-bond donors (Lipinski definition) is 3. The third-order valence-electron chi connectivity index (χ3n) is 5.78. The standard InChI is InChI=1S/C23H37N5O4/c1-24-23(25-10-4-5-22(29)27-18-7-8-18)26-16-19(28-11-13-32-14-12-28)17-6-9-20(30-2)21(15-17)31-3/h6,9,15,18-19H,4-5,7-8,10-14,16H2,1-3H3,(H,27,29)(H2,24,25,26). The van der Waals surface area contributed by atoms with Crippen molar-refractivity contribution in [1.82, 2.24) is 20.9 Å². The van der Waals surface area contributed by atoms with Crippen molar-refractivity contribution in [2.75, 3.05) is 60.7 Å². The fourth-order valence-electron chi connectivity index (χ4n) is 3.80. The molecule has 1 unspecified atom stereocenters. The van der Waals surface area contributed by atoms with Crippen LogP contribution >= 0.6 is 0 Å². The quantitative estimate of drug-likeness (QED) is 0.267. The van der Waals surface area contributed by atoms with Crippen LogP contribution in [0.25, 0.3) is 0 Å². The molecule has 0 radical (unpaired) electrons. The van der Waals surface area contributed by atoms with E-state index < -0.39 is 0 Å². The first kappa shape index (κ1) is 24.1. The SMILES string of the molecule is CN=C(NCCCC(=O)NC1CC1)NCC(c1ccc(OC)c(OC)c1)N1CCOCC1. The molecule has 9 nitrogen and oxygen atoms in total. The van der Waals surface area contributed by atoms with Crippen molar-refractivity contribution >= 4 is 11.9 Å². The van der Waals surface area contributed by atoms with Crippen LogP contribution < -0.4 is 25.4 Å². The molecule has 0 spiro atoms. The number of hydrogen-bond acceptors (Lipinski definition) is 6. The molecule has 1 aliphatic heterocycles. The summed E-state index contributed by atoms with van der Waals surface area (Å²) in [4.78, 5) is 18.6. The molecule has 1 saturated carbocycles. The zero-order valence-corrected chi connectivity index (χ0v) is 19.5. The minimum absolute atomic E-state index is 0.126. The van der Waals surface area contributed by atoms with Crippen LogP contribution in [0.4, 0.5) is 0 Å². The average molecular weight is 448 g/mol. The fourth-order valence-corrected chi connectivity index (χ4v) is 3.80. The zero-order valence-electron chi connectivity index (χ0n) is 19.5. The van der Waals surface area contributed by atoms with E-state index in [0.29, 0.717) is 31.3 Å². The first-order valence-electron chi connectivity index (χ1n) is 11.4. The summed E-state index contributed by atoms with van der Waals surface area (Å²) in [5, 5.41) is 9.78. The molecule has 0 bridgehead atoms. The highest BCUT2D eigenvalue weighted by Crippen LogP contribution is 2.32. The average Bonchev–Trinajstić information content (AvgIpc) is 3.64. The Morgan fingerprint density at radius 1 is 1.19 bits per heavy atom. The Morgan fingerprint density at radius 2 is 1.94 bits per heavy atom. The van der Waals surface area contributed by atoms with Crippen molar-refractivity contribution in [2.45, 2.75) is 37.8 Å². The molecule has 3 rings (SSSR count). The van der Waals surface area contributed by atoms with Crippen LogP contribution in [0.2, 0.25) is 0 Å². The van der Waals surface area contributed by atoms with E-state index in [2.05, 4.69) is 31.9 Å². The molecule has 178 valence electrons. The number of morpholine rings is 1. The van der Waals surface area contributed by atoms with Gasteiger partial charge in [-0.3, -0.25) is 14.7 Å². The third-order valence-corrected chi connectivity index (χ3v) is 5.78. The van der Waals surface area contributed by atoms with Gasteiger partial charge in [0.2, 0.25) is 5.91 Å². The van der Waals surface area contributed by atoms with Gasteiger partial charge in [0, 0.05) is 45.7 Å². The van der Waals surface area contributed by atoms with Crippen molar-refractivity contribution in [3.05, 3.63) is 23.8 Å². The van der Waals surface area contributed by atoms with Crippen LogP contribution in [0.15, 0.2) is 23.2 Å². The number of methoxy groups -OCH3 is 2. The molecule has 1 aromatic rings. The number of aliphatic imine (C=N–C) groups is 1. The number of amides is 1. The van der Waals surface area contributed by atoms with Gasteiger partial charge in [0.05, 0.1) is 33.5 Å². The highest BCUT2D eigenvalue weighted by atomic mass is 16.5. The number of nitrogens with one attached hydrogen (secondary N) is 3. The largest absolute Gasteiger partial charge is 0.493 e. The van der Waals surface area contributed by atoms with Gasteiger partial charge in [-0.25, -0.2) is 0 Å². The summed E-state index contributed by atoms with van der Waals surface area (Å²) in [6.07, 6.45) is 3.53. The van der Waals surface area contributed by atoms with Crippen molar-refractivity contribution in [1.29, 1.82) is 0 Å². The molecule has 9 heteroatoms. The normalized spacial score (nSPS) is 18.0. The Kier molecular flexibility index (Phi) is 9.43. The van der Waals surface area contributed by atoms with Crippen LogP contribution in [0.1, 0.15) is 37.3 Å². The van der Waals surface area contributed by atoms with E-state index in [9.17, 15) is 4.79 Å². The predicted octanol–water partition coefficient (Wildman–Crippen LogP) is 1.30. The lowest BCUT2D eigenvalue weighted by Crippen LogP contribution is -2.46. The Balaban J connectivity index is 1.55. The number of guanidine groups is 1. The van der Waals surface area contributed by atoms with Crippen LogP contribution in [0, 0.1) is 0 Å². The molecular formula is C23H37N5O4. The van der Waals surface area contributed by atoms with E-state index in [-0.39, 0.29) is 11.9 Å². The monoisotopic (exact) mass is 447 g/mol. The lowest BCUT2D eigenvalue weighted by atomic mass is 10.0. The van der Waals surface area contributed by atoms with Crippen LogP contribution in [0.5, 0.6) is 11.5 Å². The minimum Gasteiger partial charge on any atom is -0.493 e. The maximum Gasteiger partial charge on any atom is 0.220 e. The van der Waals surface area contributed by atoms with Crippen LogP contribution in [-0.2, 0) is 9.53 Å². The number of benzene rings is 1. The fraction of sp³-hybridized carbons (Fsp3) is 0.652. The summed E-state index contributed by atoms with van der Waals surface area (Å²) in [6, 6.07) is 6.61. The highest BCUT2D eigenvalue weighted by molar-refractivity contribution is 5.80. The Hall–Kier alpha value is -2.52. The van der Waals surface area contributed by atoms with E-state index in [1.807, 2.05) is 12.1 Å². The maximum atomic E-state index is 11.8.